The van der Waals surface area contributed by atoms with E-state index < -0.39 is 0 Å². The van der Waals surface area contributed by atoms with Crippen molar-refractivity contribution in [2.45, 2.75) is 6.61 Å². The largest absolute Gasteiger partial charge is 0.488 e. The highest BCUT2D eigenvalue weighted by molar-refractivity contribution is 5.62. The molecular formula is C15H12FN3O2. The van der Waals surface area contributed by atoms with E-state index in [2.05, 4.69) is 10.2 Å². The van der Waals surface area contributed by atoms with E-state index in [4.69, 9.17) is 14.9 Å². The molecule has 0 aliphatic carbocycles. The van der Waals surface area contributed by atoms with Crippen LogP contribution in [0.3, 0.4) is 0 Å². The molecule has 6 heteroatoms. The molecule has 0 radical (unpaired) electrons. The summed E-state index contributed by atoms with van der Waals surface area (Å²) in [4.78, 5) is 0. The van der Waals surface area contributed by atoms with E-state index in [1.165, 1.54) is 6.07 Å². The lowest BCUT2D eigenvalue weighted by atomic mass is 10.2. The van der Waals surface area contributed by atoms with Gasteiger partial charge in [0.05, 0.1) is 5.56 Å². The lowest BCUT2D eigenvalue weighted by Crippen LogP contribution is -1.99. The molecule has 0 spiro atoms. The van der Waals surface area contributed by atoms with Crippen LogP contribution in [0.4, 0.5) is 10.4 Å². The van der Waals surface area contributed by atoms with E-state index in [9.17, 15) is 4.39 Å². The molecule has 21 heavy (non-hydrogen) atoms. The van der Waals surface area contributed by atoms with Gasteiger partial charge in [0.2, 0.25) is 0 Å². The lowest BCUT2D eigenvalue weighted by Gasteiger charge is -2.09. The summed E-state index contributed by atoms with van der Waals surface area (Å²) in [5, 5.41) is 7.44. The second-order valence-corrected chi connectivity index (χ2v) is 4.32. The van der Waals surface area contributed by atoms with Gasteiger partial charge in [-0.3, -0.25) is 0 Å². The van der Waals surface area contributed by atoms with Crippen molar-refractivity contribution >= 4 is 6.01 Å². The van der Waals surface area contributed by atoms with Gasteiger partial charge in [0.25, 0.3) is 5.89 Å². The first-order chi connectivity index (χ1) is 10.2. The van der Waals surface area contributed by atoms with Gasteiger partial charge in [0.15, 0.2) is 0 Å². The van der Waals surface area contributed by atoms with E-state index in [0.29, 0.717) is 16.9 Å². The van der Waals surface area contributed by atoms with Gasteiger partial charge in [0.1, 0.15) is 18.2 Å². The van der Waals surface area contributed by atoms with Crippen molar-refractivity contribution in [2.75, 3.05) is 5.73 Å². The van der Waals surface area contributed by atoms with Gasteiger partial charge in [-0.1, -0.05) is 35.4 Å². The first-order valence-electron chi connectivity index (χ1n) is 6.28. The summed E-state index contributed by atoms with van der Waals surface area (Å²) in [5.41, 5.74) is 6.50. The fourth-order valence-electron chi connectivity index (χ4n) is 1.88. The minimum atomic E-state index is -0.308. The number of halogens is 1. The molecular weight excluding hydrogens is 273 g/mol. The molecule has 3 rings (SSSR count). The highest BCUT2D eigenvalue weighted by atomic mass is 19.1. The number of anilines is 1. The molecule has 0 aliphatic heterocycles. The Labute approximate surface area is 120 Å². The van der Waals surface area contributed by atoms with Crippen molar-refractivity contribution in [3.63, 3.8) is 0 Å². The highest BCUT2D eigenvalue weighted by Gasteiger charge is 2.12. The average molecular weight is 285 g/mol. The summed E-state index contributed by atoms with van der Waals surface area (Å²) in [5.74, 6) is 0.470. The van der Waals surface area contributed by atoms with Crippen molar-refractivity contribution in [1.29, 1.82) is 0 Å². The molecule has 0 saturated heterocycles. The van der Waals surface area contributed by atoms with Crippen LogP contribution in [0.15, 0.2) is 52.9 Å². The molecule has 5 nitrogen and oxygen atoms in total. The summed E-state index contributed by atoms with van der Waals surface area (Å²) in [6.45, 7) is 0.104. The molecule has 0 unspecified atom stereocenters. The predicted octanol–water partition coefficient (Wildman–Crippen LogP) is 3.04. The van der Waals surface area contributed by atoms with Crippen molar-refractivity contribution in [1.82, 2.24) is 10.2 Å². The van der Waals surface area contributed by atoms with Gasteiger partial charge in [-0.25, -0.2) is 4.39 Å². The summed E-state index contributed by atoms with van der Waals surface area (Å²) < 4.78 is 24.4. The van der Waals surface area contributed by atoms with Crippen LogP contribution in [0, 0.1) is 5.82 Å². The molecule has 106 valence electrons. The summed E-state index contributed by atoms with van der Waals surface area (Å²) in [6.07, 6.45) is 0. The number of hydrogen-bond donors (Lipinski definition) is 1. The highest BCUT2D eigenvalue weighted by Crippen LogP contribution is 2.29. The number of nitrogens with zero attached hydrogens (tertiary/aromatic N) is 2. The van der Waals surface area contributed by atoms with Crippen LogP contribution >= 0.6 is 0 Å². The van der Waals surface area contributed by atoms with E-state index in [-0.39, 0.29) is 24.3 Å². The molecule has 0 fully saturated rings. The Bertz CT molecular complexity index is 758. The molecule has 0 aliphatic rings. The average Bonchev–Trinajstić information content (AvgIpc) is 2.93. The zero-order valence-corrected chi connectivity index (χ0v) is 11.0. The van der Waals surface area contributed by atoms with Gasteiger partial charge in [0, 0.05) is 5.56 Å². The third-order valence-electron chi connectivity index (χ3n) is 2.90. The van der Waals surface area contributed by atoms with Crippen LogP contribution in [0.2, 0.25) is 0 Å². The Hall–Kier alpha value is -2.89. The fraction of sp³-hybridized carbons (Fsp3) is 0.0667. The maximum atomic E-state index is 13.6. The van der Waals surface area contributed by atoms with E-state index in [0.717, 1.165) is 0 Å². The van der Waals surface area contributed by atoms with Crippen molar-refractivity contribution in [2.24, 2.45) is 0 Å². The molecule has 0 saturated carbocycles. The number of para-hydroxylation sites is 1. The number of aromatic nitrogens is 2. The van der Waals surface area contributed by atoms with Gasteiger partial charge in [-0.2, -0.15) is 0 Å². The monoisotopic (exact) mass is 285 g/mol. The predicted molar refractivity (Wildman–Crippen MR) is 74.9 cm³/mol. The van der Waals surface area contributed by atoms with Crippen LogP contribution in [0.5, 0.6) is 5.75 Å². The third kappa shape index (κ3) is 2.84. The van der Waals surface area contributed by atoms with Crippen molar-refractivity contribution in [3.05, 3.63) is 59.9 Å². The summed E-state index contributed by atoms with van der Waals surface area (Å²) in [6, 6.07) is 13.6. The zero-order valence-electron chi connectivity index (χ0n) is 11.0. The Morgan fingerprint density at radius 1 is 1.05 bits per heavy atom. The molecule has 1 aromatic heterocycles. The first kappa shape index (κ1) is 13.1. The molecule has 2 aromatic carbocycles. The molecule has 0 amide bonds. The molecule has 3 aromatic rings. The lowest BCUT2D eigenvalue weighted by molar-refractivity contribution is 0.300. The number of ether oxygens (including phenoxy) is 1. The number of rotatable bonds is 4. The van der Waals surface area contributed by atoms with E-state index in [1.54, 1.807) is 36.4 Å². The Balaban J connectivity index is 1.85. The van der Waals surface area contributed by atoms with Crippen LogP contribution in [-0.4, -0.2) is 10.2 Å². The van der Waals surface area contributed by atoms with Crippen molar-refractivity contribution in [3.8, 4) is 17.2 Å². The minimum Gasteiger partial charge on any atom is -0.488 e. The second kappa shape index (κ2) is 5.62. The normalized spacial score (nSPS) is 10.5. The fourth-order valence-corrected chi connectivity index (χ4v) is 1.88. The molecule has 0 atom stereocenters. The third-order valence-corrected chi connectivity index (χ3v) is 2.90. The van der Waals surface area contributed by atoms with Crippen LogP contribution in [-0.2, 0) is 6.61 Å². The topological polar surface area (TPSA) is 74.2 Å². The van der Waals surface area contributed by atoms with E-state index in [1.807, 2.05) is 6.07 Å². The quantitative estimate of drug-likeness (QED) is 0.797. The number of benzene rings is 2. The zero-order chi connectivity index (χ0) is 14.7. The summed E-state index contributed by atoms with van der Waals surface area (Å²) in [7, 11) is 0. The van der Waals surface area contributed by atoms with E-state index >= 15 is 0 Å². The van der Waals surface area contributed by atoms with Crippen LogP contribution in [0.1, 0.15) is 5.56 Å². The Morgan fingerprint density at radius 3 is 2.57 bits per heavy atom. The van der Waals surface area contributed by atoms with Gasteiger partial charge < -0.3 is 14.9 Å². The van der Waals surface area contributed by atoms with Gasteiger partial charge in [-0.15, -0.1) is 5.10 Å². The molecule has 1 heterocycles. The Kier molecular flexibility index (Phi) is 3.51. The SMILES string of the molecule is Nc1nnc(-c2ccccc2OCc2ccccc2F)o1. The number of hydrogen-bond acceptors (Lipinski definition) is 5. The van der Waals surface area contributed by atoms with Gasteiger partial charge >= 0.3 is 6.01 Å². The minimum absolute atomic E-state index is 0.0195. The standard InChI is InChI=1S/C15H12FN3O2/c16-12-7-3-1-5-10(12)9-20-13-8-4-2-6-11(13)14-18-19-15(17)21-14/h1-8H,9H2,(H2,17,19). The summed E-state index contributed by atoms with van der Waals surface area (Å²) >= 11 is 0. The molecule has 2 N–H and O–H groups in total. The van der Waals surface area contributed by atoms with Crippen LogP contribution < -0.4 is 10.5 Å². The van der Waals surface area contributed by atoms with Crippen LogP contribution in [0.25, 0.3) is 11.5 Å². The van der Waals surface area contributed by atoms with Crippen molar-refractivity contribution < 1.29 is 13.5 Å². The molecule has 0 bridgehead atoms. The first-order valence-corrected chi connectivity index (χ1v) is 6.28. The number of nitrogens with two attached hydrogens (primary N) is 1. The van der Waals surface area contributed by atoms with Gasteiger partial charge in [-0.05, 0) is 18.2 Å². The maximum absolute atomic E-state index is 13.6. The smallest absolute Gasteiger partial charge is 0.313 e. The Morgan fingerprint density at radius 2 is 1.81 bits per heavy atom. The maximum Gasteiger partial charge on any atom is 0.313 e. The number of nitrogen functional groups attached to an aromatic ring is 1. The second-order valence-electron chi connectivity index (χ2n) is 4.32.